The van der Waals surface area contributed by atoms with E-state index in [0.29, 0.717) is 24.6 Å². The molecule has 2 amide bonds. The molecule has 1 aliphatic heterocycles. The molecule has 0 aliphatic carbocycles. The quantitative estimate of drug-likeness (QED) is 0.784. The monoisotopic (exact) mass is 369 g/mol. The number of rotatable bonds is 6. The molecule has 0 saturated carbocycles. The van der Waals surface area contributed by atoms with Gasteiger partial charge in [-0.3, -0.25) is 14.5 Å². The van der Waals surface area contributed by atoms with Crippen molar-refractivity contribution in [2.45, 2.75) is 46.1 Å². The van der Waals surface area contributed by atoms with Crippen molar-refractivity contribution < 1.29 is 9.59 Å². The largest absolute Gasteiger partial charge is 0.345 e. The van der Waals surface area contributed by atoms with E-state index in [1.165, 1.54) is 0 Å². The Morgan fingerprint density at radius 2 is 1.93 bits per heavy atom. The van der Waals surface area contributed by atoms with Crippen LogP contribution in [0.25, 0.3) is 0 Å². The summed E-state index contributed by atoms with van der Waals surface area (Å²) in [6.45, 7) is 10.1. The number of piperazine rings is 1. The first-order valence-electron chi connectivity index (χ1n) is 9.90. The zero-order valence-electron chi connectivity index (χ0n) is 16.8. The Bertz CT molecular complexity index is 695. The summed E-state index contributed by atoms with van der Waals surface area (Å²) in [6.07, 6.45) is 2.45. The zero-order chi connectivity index (χ0) is 19.6. The van der Waals surface area contributed by atoms with Crippen LogP contribution in [0.1, 0.15) is 56.0 Å². The van der Waals surface area contributed by atoms with Crippen molar-refractivity contribution in [3.05, 3.63) is 35.4 Å². The van der Waals surface area contributed by atoms with Gasteiger partial charge in [-0.25, -0.2) is 0 Å². The molecule has 0 unspecified atom stereocenters. The molecule has 0 bridgehead atoms. The van der Waals surface area contributed by atoms with E-state index in [4.69, 9.17) is 0 Å². The molecule has 1 fully saturated rings. The number of benzene rings is 1. The van der Waals surface area contributed by atoms with Crippen LogP contribution in [0.2, 0.25) is 0 Å². The molecule has 0 radical (unpaired) electrons. The van der Waals surface area contributed by atoms with Crippen molar-refractivity contribution in [3.63, 3.8) is 0 Å². The van der Waals surface area contributed by atoms with Crippen molar-refractivity contribution in [1.82, 2.24) is 15.1 Å². The number of hydrogen-bond donors (Lipinski definition) is 1. The molecule has 1 saturated heterocycles. The summed E-state index contributed by atoms with van der Waals surface area (Å²) in [7, 11) is 0. The summed E-state index contributed by atoms with van der Waals surface area (Å²) in [4.78, 5) is 28.6. The average Bonchev–Trinajstić information content (AvgIpc) is 2.69. The lowest BCUT2D eigenvalue weighted by Crippen LogP contribution is -2.50. The van der Waals surface area contributed by atoms with E-state index < -0.39 is 0 Å². The fourth-order valence-corrected chi connectivity index (χ4v) is 3.07. The van der Waals surface area contributed by atoms with Crippen LogP contribution in [0.3, 0.4) is 0 Å². The number of amides is 2. The smallest absolute Gasteiger partial charge is 0.253 e. The summed E-state index contributed by atoms with van der Waals surface area (Å²) in [5.74, 6) is 6.09. The Labute approximate surface area is 163 Å². The van der Waals surface area contributed by atoms with Crippen LogP contribution in [0.4, 0.5) is 0 Å². The van der Waals surface area contributed by atoms with E-state index in [1.807, 2.05) is 29.2 Å². The molecule has 146 valence electrons. The minimum absolute atomic E-state index is 0.0376. The molecule has 0 aromatic heterocycles. The first-order valence-corrected chi connectivity index (χ1v) is 9.90. The number of hydrogen-bond acceptors (Lipinski definition) is 3. The van der Waals surface area contributed by atoms with Crippen molar-refractivity contribution in [2.24, 2.45) is 0 Å². The third-order valence-electron chi connectivity index (χ3n) is 4.81. The maximum atomic E-state index is 12.8. The Morgan fingerprint density at radius 1 is 1.19 bits per heavy atom. The highest BCUT2D eigenvalue weighted by molar-refractivity contribution is 5.94. The fraction of sp³-hybridized carbons (Fsp3) is 0.545. The minimum atomic E-state index is 0.0376. The van der Waals surface area contributed by atoms with Crippen LogP contribution in [0.5, 0.6) is 0 Å². The lowest BCUT2D eigenvalue weighted by atomic mass is 10.1. The Morgan fingerprint density at radius 3 is 2.59 bits per heavy atom. The van der Waals surface area contributed by atoms with Gasteiger partial charge in [-0.05, 0) is 38.5 Å². The van der Waals surface area contributed by atoms with E-state index in [9.17, 15) is 9.59 Å². The second-order valence-electron chi connectivity index (χ2n) is 7.18. The van der Waals surface area contributed by atoms with Gasteiger partial charge in [0.05, 0.1) is 6.54 Å². The first-order chi connectivity index (χ1) is 13.0. The van der Waals surface area contributed by atoms with Crippen LogP contribution in [0, 0.1) is 11.8 Å². The van der Waals surface area contributed by atoms with Crippen molar-refractivity contribution >= 4 is 11.8 Å². The molecule has 0 spiro atoms. The lowest BCUT2D eigenvalue weighted by molar-refractivity contribution is -0.120. The minimum Gasteiger partial charge on any atom is -0.345 e. The van der Waals surface area contributed by atoms with E-state index in [1.54, 1.807) is 0 Å². The maximum Gasteiger partial charge on any atom is 0.253 e. The summed E-state index contributed by atoms with van der Waals surface area (Å²) in [6, 6.07) is 7.95. The third kappa shape index (κ3) is 6.73. The SMILES string of the molecule is CCCCC(=O)NCC#Cc1cccc(C(=O)N2CCN(C(C)C)CC2)c1. The predicted molar refractivity (Wildman–Crippen MR) is 108 cm³/mol. The standard InChI is InChI=1S/C22H31N3O2/c1-4-5-11-21(26)23-12-7-9-19-8-6-10-20(17-19)22(27)25-15-13-24(14-16-25)18(2)3/h6,8,10,17-18H,4-5,11-16H2,1-3H3,(H,23,26). The second kappa shape index (κ2) is 10.7. The highest BCUT2D eigenvalue weighted by atomic mass is 16.2. The van der Waals surface area contributed by atoms with Gasteiger partial charge < -0.3 is 10.2 Å². The molecule has 27 heavy (non-hydrogen) atoms. The van der Waals surface area contributed by atoms with Gasteiger partial charge in [0.2, 0.25) is 5.91 Å². The number of carbonyl (C=O) groups excluding carboxylic acids is 2. The third-order valence-corrected chi connectivity index (χ3v) is 4.81. The average molecular weight is 370 g/mol. The Hall–Kier alpha value is -2.32. The molecule has 1 N–H and O–H groups in total. The predicted octanol–water partition coefficient (Wildman–Crippen LogP) is 2.51. The summed E-state index contributed by atoms with van der Waals surface area (Å²) >= 11 is 0. The molecule has 1 aliphatic rings. The molecular formula is C22H31N3O2. The van der Waals surface area contributed by atoms with Gasteiger partial charge >= 0.3 is 0 Å². The van der Waals surface area contributed by atoms with Gasteiger partial charge in [0.25, 0.3) is 5.91 Å². The summed E-state index contributed by atoms with van der Waals surface area (Å²) in [5.41, 5.74) is 1.47. The number of nitrogens with one attached hydrogen (secondary N) is 1. The van der Waals surface area contributed by atoms with Crippen LogP contribution < -0.4 is 5.32 Å². The number of carbonyl (C=O) groups is 2. The lowest BCUT2D eigenvalue weighted by Gasteiger charge is -2.37. The topological polar surface area (TPSA) is 52.7 Å². The Balaban J connectivity index is 1.89. The van der Waals surface area contributed by atoms with Crippen molar-refractivity contribution in [2.75, 3.05) is 32.7 Å². The summed E-state index contributed by atoms with van der Waals surface area (Å²) in [5, 5.41) is 2.80. The molecule has 1 aromatic carbocycles. The first kappa shape index (κ1) is 21.0. The van der Waals surface area contributed by atoms with Crippen molar-refractivity contribution in [1.29, 1.82) is 0 Å². The molecule has 5 heteroatoms. The fourth-order valence-electron chi connectivity index (χ4n) is 3.07. The maximum absolute atomic E-state index is 12.8. The number of unbranched alkanes of at least 4 members (excludes halogenated alkanes) is 1. The highest BCUT2D eigenvalue weighted by Crippen LogP contribution is 2.12. The van der Waals surface area contributed by atoms with Crippen LogP contribution >= 0.6 is 0 Å². The van der Waals surface area contributed by atoms with Crippen molar-refractivity contribution in [3.8, 4) is 11.8 Å². The molecule has 0 atom stereocenters. The van der Waals surface area contributed by atoms with Gasteiger partial charge in [-0.15, -0.1) is 0 Å². The van der Waals surface area contributed by atoms with E-state index >= 15 is 0 Å². The van der Waals surface area contributed by atoms with Gasteiger partial charge in [0.1, 0.15) is 0 Å². The highest BCUT2D eigenvalue weighted by Gasteiger charge is 2.23. The molecular weight excluding hydrogens is 338 g/mol. The zero-order valence-corrected chi connectivity index (χ0v) is 16.8. The molecule has 1 aromatic rings. The molecule has 5 nitrogen and oxygen atoms in total. The van der Waals surface area contributed by atoms with Crippen LogP contribution in [-0.2, 0) is 4.79 Å². The normalized spacial score (nSPS) is 14.6. The second-order valence-corrected chi connectivity index (χ2v) is 7.18. The number of nitrogens with zero attached hydrogens (tertiary/aromatic N) is 2. The van der Waals surface area contributed by atoms with Crippen LogP contribution in [-0.4, -0.2) is 60.4 Å². The van der Waals surface area contributed by atoms with Gasteiger partial charge in [-0.2, -0.15) is 0 Å². The molecule has 2 rings (SSSR count). The summed E-state index contributed by atoms with van der Waals surface area (Å²) < 4.78 is 0. The van der Waals surface area contributed by atoms with Crippen LogP contribution in [0.15, 0.2) is 24.3 Å². The van der Waals surface area contributed by atoms with E-state index in [2.05, 4.69) is 42.8 Å². The van der Waals surface area contributed by atoms with E-state index in [0.717, 1.165) is 44.6 Å². The Kier molecular flexibility index (Phi) is 8.35. The van der Waals surface area contributed by atoms with E-state index in [-0.39, 0.29) is 11.8 Å². The molecule has 1 heterocycles. The van der Waals surface area contributed by atoms with Gasteiger partial charge in [-0.1, -0.05) is 31.3 Å². The van der Waals surface area contributed by atoms with Gasteiger partial charge in [0, 0.05) is 49.8 Å². The van der Waals surface area contributed by atoms with Gasteiger partial charge in [0.15, 0.2) is 0 Å².